The minimum Gasteiger partial charge on any atom is -0.503 e. The number of thiophene rings is 1. The summed E-state index contributed by atoms with van der Waals surface area (Å²) in [6, 6.07) is 6.09. The monoisotopic (exact) mass is 412 g/mol. The minimum atomic E-state index is -0.816. The van der Waals surface area contributed by atoms with E-state index >= 15 is 0 Å². The number of carbonyl (C=O) groups excluding carboxylic acids is 2. The van der Waals surface area contributed by atoms with Crippen LogP contribution in [0.5, 0.6) is 0 Å². The molecule has 142 valence electrons. The van der Waals surface area contributed by atoms with Crippen molar-refractivity contribution in [3.63, 3.8) is 0 Å². The van der Waals surface area contributed by atoms with E-state index in [1.807, 2.05) is 13.8 Å². The molecule has 1 aliphatic heterocycles. The molecule has 28 heavy (non-hydrogen) atoms. The molecule has 3 aromatic heterocycles. The molecule has 1 aliphatic rings. The molecule has 0 aliphatic carbocycles. The third-order valence-electron chi connectivity index (χ3n) is 4.33. The van der Waals surface area contributed by atoms with Crippen molar-refractivity contribution >= 4 is 39.5 Å². The SMILES string of the molecule is CC(C)c1nnc(N2C(=O)C(O)=C(C(=O)c3cccs3)C2c2cccnc2)s1. The summed E-state index contributed by atoms with van der Waals surface area (Å²) in [6.07, 6.45) is 3.19. The third kappa shape index (κ3) is 3.02. The van der Waals surface area contributed by atoms with Crippen LogP contribution in [0.2, 0.25) is 0 Å². The normalized spacial score (nSPS) is 17.0. The number of carbonyl (C=O) groups is 2. The molecule has 4 rings (SSSR count). The van der Waals surface area contributed by atoms with Crippen LogP contribution >= 0.6 is 22.7 Å². The zero-order valence-electron chi connectivity index (χ0n) is 15.1. The first-order valence-electron chi connectivity index (χ1n) is 8.57. The largest absolute Gasteiger partial charge is 0.503 e. The van der Waals surface area contributed by atoms with E-state index in [0.717, 1.165) is 5.01 Å². The van der Waals surface area contributed by atoms with E-state index in [-0.39, 0.29) is 17.3 Å². The molecule has 1 atom stereocenters. The van der Waals surface area contributed by atoms with Crippen LogP contribution in [0, 0.1) is 0 Å². The highest BCUT2D eigenvalue weighted by molar-refractivity contribution is 7.15. The molecular formula is C19H16N4O3S2. The van der Waals surface area contributed by atoms with Crippen LogP contribution in [0.25, 0.3) is 0 Å². The zero-order chi connectivity index (χ0) is 19.8. The van der Waals surface area contributed by atoms with Crippen LogP contribution in [-0.2, 0) is 4.79 Å². The van der Waals surface area contributed by atoms with Gasteiger partial charge < -0.3 is 5.11 Å². The number of hydrogen-bond donors (Lipinski definition) is 1. The molecule has 9 heteroatoms. The fraction of sp³-hybridized carbons (Fsp3) is 0.211. The maximum atomic E-state index is 13.1. The molecule has 7 nitrogen and oxygen atoms in total. The van der Waals surface area contributed by atoms with Gasteiger partial charge in [0.1, 0.15) is 5.01 Å². The molecule has 1 N–H and O–H groups in total. The van der Waals surface area contributed by atoms with E-state index in [1.54, 1.807) is 42.0 Å². The van der Waals surface area contributed by atoms with E-state index in [4.69, 9.17) is 0 Å². The molecule has 0 fully saturated rings. The number of hydrogen-bond acceptors (Lipinski definition) is 8. The average Bonchev–Trinajstić information content (AvgIpc) is 3.43. The fourth-order valence-electron chi connectivity index (χ4n) is 2.99. The number of Topliss-reactive ketones (excluding diaryl/α,β-unsaturated/α-hetero) is 1. The van der Waals surface area contributed by atoms with Gasteiger partial charge in [-0.05, 0) is 23.1 Å². The number of anilines is 1. The summed E-state index contributed by atoms with van der Waals surface area (Å²) in [5.41, 5.74) is 0.642. The van der Waals surface area contributed by atoms with Crippen LogP contribution < -0.4 is 4.90 Å². The van der Waals surface area contributed by atoms with Gasteiger partial charge in [0.05, 0.1) is 16.5 Å². The highest BCUT2D eigenvalue weighted by Gasteiger charge is 2.46. The molecule has 0 saturated heterocycles. The first-order valence-corrected chi connectivity index (χ1v) is 10.3. The first-order chi connectivity index (χ1) is 13.5. The van der Waals surface area contributed by atoms with Crippen molar-refractivity contribution < 1.29 is 14.7 Å². The quantitative estimate of drug-likeness (QED) is 0.639. The number of rotatable bonds is 5. The molecular weight excluding hydrogens is 396 g/mol. The van der Waals surface area contributed by atoms with Crippen molar-refractivity contribution in [2.24, 2.45) is 0 Å². The second-order valence-corrected chi connectivity index (χ2v) is 8.45. The van der Waals surface area contributed by atoms with Crippen LogP contribution in [0.4, 0.5) is 5.13 Å². The standard InChI is InChI=1S/C19H16N4O3S2/c1-10(2)17-21-22-19(28-17)23-14(11-5-3-7-20-9-11)13(16(25)18(23)26)15(24)12-6-4-8-27-12/h3-10,14,25H,1-2H3. The Morgan fingerprint density at radius 1 is 1.25 bits per heavy atom. The number of pyridine rings is 1. The predicted molar refractivity (Wildman–Crippen MR) is 107 cm³/mol. The highest BCUT2D eigenvalue weighted by atomic mass is 32.1. The summed E-state index contributed by atoms with van der Waals surface area (Å²) < 4.78 is 0. The van der Waals surface area contributed by atoms with Gasteiger partial charge in [0.25, 0.3) is 5.91 Å². The van der Waals surface area contributed by atoms with Crippen molar-refractivity contribution in [2.75, 3.05) is 4.90 Å². The van der Waals surface area contributed by atoms with Gasteiger partial charge in [-0.15, -0.1) is 21.5 Å². The van der Waals surface area contributed by atoms with Crippen LogP contribution in [0.3, 0.4) is 0 Å². The lowest BCUT2D eigenvalue weighted by Crippen LogP contribution is -2.31. The average molecular weight is 412 g/mol. The Bertz CT molecular complexity index is 1060. The van der Waals surface area contributed by atoms with Gasteiger partial charge in [-0.2, -0.15) is 0 Å². The van der Waals surface area contributed by atoms with E-state index in [2.05, 4.69) is 15.2 Å². The van der Waals surface area contributed by atoms with E-state index in [9.17, 15) is 14.7 Å². The number of aliphatic hydroxyl groups excluding tert-OH is 1. The lowest BCUT2D eigenvalue weighted by atomic mass is 9.97. The molecule has 0 bridgehead atoms. The van der Waals surface area contributed by atoms with E-state index in [0.29, 0.717) is 15.6 Å². The van der Waals surface area contributed by atoms with Gasteiger partial charge in [-0.3, -0.25) is 19.5 Å². The van der Waals surface area contributed by atoms with E-state index < -0.39 is 17.7 Å². The van der Waals surface area contributed by atoms with Crippen molar-refractivity contribution in [3.8, 4) is 0 Å². The maximum Gasteiger partial charge on any atom is 0.296 e. The Kier molecular flexibility index (Phi) is 4.78. The molecule has 3 aromatic rings. The Hall–Kier alpha value is -2.91. The van der Waals surface area contributed by atoms with Crippen LogP contribution in [0.1, 0.15) is 46.0 Å². The molecule has 0 spiro atoms. The number of aromatic nitrogens is 3. The smallest absolute Gasteiger partial charge is 0.296 e. The summed E-state index contributed by atoms with van der Waals surface area (Å²) >= 11 is 2.53. The summed E-state index contributed by atoms with van der Waals surface area (Å²) in [7, 11) is 0. The number of amides is 1. The van der Waals surface area contributed by atoms with Gasteiger partial charge in [0, 0.05) is 18.3 Å². The third-order valence-corrected chi connectivity index (χ3v) is 6.42. The minimum absolute atomic E-state index is 0.0294. The van der Waals surface area contributed by atoms with Crippen LogP contribution in [-0.4, -0.2) is 32.0 Å². The van der Waals surface area contributed by atoms with Gasteiger partial charge in [0.2, 0.25) is 10.9 Å². The summed E-state index contributed by atoms with van der Waals surface area (Å²) in [6.45, 7) is 3.96. The van der Waals surface area contributed by atoms with Gasteiger partial charge >= 0.3 is 0 Å². The predicted octanol–water partition coefficient (Wildman–Crippen LogP) is 3.90. The summed E-state index contributed by atoms with van der Waals surface area (Å²) in [5, 5.41) is 21.8. The number of aliphatic hydroxyl groups is 1. The van der Waals surface area contributed by atoms with Crippen molar-refractivity contribution in [1.82, 2.24) is 15.2 Å². The zero-order valence-corrected chi connectivity index (χ0v) is 16.7. The highest BCUT2D eigenvalue weighted by Crippen LogP contribution is 2.43. The van der Waals surface area contributed by atoms with Crippen molar-refractivity contribution in [3.05, 3.63) is 68.8 Å². The number of ketones is 1. The Labute approximate surface area is 169 Å². The lowest BCUT2D eigenvalue weighted by molar-refractivity contribution is -0.117. The second-order valence-electron chi connectivity index (χ2n) is 6.51. The lowest BCUT2D eigenvalue weighted by Gasteiger charge is -2.23. The van der Waals surface area contributed by atoms with E-state index in [1.165, 1.54) is 27.6 Å². The Morgan fingerprint density at radius 3 is 2.68 bits per heavy atom. The van der Waals surface area contributed by atoms with Crippen molar-refractivity contribution in [1.29, 1.82) is 0 Å². The fourth-order valence-corrected chi connectivity index (χ4v) is 4.54. The Balaban J connectivity index is 1.85. The number of nitrogens with zero attached hydrogens (tertiary/aromatic N) is 4. The second kappa shape index (κ2) is 7.25. The topological polar surface area (TPSA) is 96.3 Å². The molecule has 1 amide bonds. The first kappa shape index (κ1) is 18.5. The van der Waals surface area contributed by atoms with Gasteiger partial charge in [-0.25, -0.2) is 0 Å². The maximum absolute atomic E-state index is 13.1. The summed E-state index contributed by atoms with van der Waals surface area (Å²) in [5.74, 6) is -1.46. The van der Waals surface area contributed by atoms with Crippen molar-refractivity contribution in [2.45, 2.75) is 25.8 Å². The molecule has 0 saturated carbocycles. The molecule has 4 heterocycles. The molecule has 0 radical (unpaired) electrons. The molecule has 0 aromatic carbocycles. The van der Waals surface area contributed by atoms with Crippen LogP contribution in [0.15, 0.2) is 53.4 Å². The summed E-state index contributed by atoms with van der Waals surface area (Å²) in [4.78, 5) is 31.9. The van der Waals surface area contributed by atoms with Gasteiger partial charge in [-0.1, -0.05) is 37.3 Å². The Morgan fingerprint density at radius 2 is 2.07 bits per heavy atom. The molecule has 1 unspecified atom stereocenters. The van der Waals surface area contributed by atoms with Gasteiger partial charge in [0.15, 0.2) is 5.76 Å².